The fraction of sp³-hybridized carbons (Fsp3) is 0.179. The molecule has 2 heterocycles. The number of rotatable bonds is 5. The van der Waals surface area contributed by atoms with E-state index < -0.39 is 11.9 Å². The van der Waals surface area contributed by atoms with E-state index in [0.717, 1.165) is 23.1 Å². The van der Waals surface area contributed by atoms with E-state index in [9.17, 15) is 9.18 Å². The summed E-state index contributed by atoms with van der Waals surface area (Å²) in [6.07, 6.45) is 0.913. The van der Waals surface area contributed by atoms with Crippen LogP contribution in [-0.2, 0) is 6.42 Å². The molecule has 1 N–H and O–H groups in total. The highest BCUT2D eigenvalue weighted by Gasteiger charge is 2.36. The number of carbonyl (C=O) groups excluding carboxylic acids is 1. The normalized spacial score (nSPS) is 15.9. The second-order valence-corrected chi connectivity index (χ2v) is 8.58. The zero-order valence-electron chi connectivity index (χ0n) is 19.7. The number of nitrogens with one attached hydrogen (secondary N) is 1. The first kappa shape index (κ1) is 22.5. The molecular weight excluding hydrogens is 443 g/mol. The van der Waals surface area contributed by atoms with E-state index in [1.165, 1.54) is 22.6 Å². The van der Waals surface area contributed by atoms with Gasteiger partial charge in [0.25, 0.3) is 5.89 Å². The van der Waals surface area contributed by atoms with Gasteiger partial charge in [-0.15, -0.1) is 0 Å². The van der Waals surface area contributed by atoms with Gasteiger partial charge in [-0.2, -0.15) is 4.98 Å². The van der Waals surface area contributed by atoms with Crippen LogP contribution in [-0.4, -0.2) is 16.2 Å². The first-order valence-corrected chi connectivity index (χ1v) is 11.5. The summed E-state index contributed by atoms with van der Waals surface area (Å²) in [5.41, 5.74) is 5.70. The molecule has 176 valence electrons. The second-order valence-electron chi connectivity index (χ2n) is 8.58. The quantitative estimate of drug-likeness (QED) is 0.365. The molecule has 0 spiro atoms. The largest absolute Gasteiger partial charge is 0.334 e. The predicted molar refractivity (Wildman–Crippen MR) is 133 cm³/mol. The smallest absolute Gasteiger partial charge is 0.327 e. The second kappa shape index (κ2) is 9.18. The lowest BCUT2D eigenvalue weighted by atomic mass is 9.93. The first-order valence-electron chi connectivity index (χ1n) is 11.5. The van der Waals surface area contributed by atoms with Crippen molar-refractivity contribution in [3.63, 3.8) is 0 Å². The number of allylic oxidation sites excluding steroid dienone is 1. The van der Waals surface area contributed by atoms with Gasteiger partial charge in [0.15, 0.2) is 0 Å². The molecule has 0 fully saturated rings. The van der Waals surface area contributed by atoms with Gasteiger partial charge in [0, 0.05) is 11.3 Å². The lowest BCUT2D eigenvalue weighted by Gasteiger charge is -2.35. The maximum Gasteiger partial charge on any atom is 0.327 e. The van der Waals surface area contributed by atoms with Gasteiger partial charge in [0.2, 0.25) is 5.82 Å². The molecule has 1 aromatic heterocycles. The molecule has 6 nitrogen and oxygen atoms in total. The van der Waals surface area contributed by atoms with Crippen LogP contribution in [0, 0.1) is 12.7 Å². The molecule has 5 rings (SSSR count). The first-order chi connectivity index (χ1) is 16.9. The molecule has 4 aromatic rings. The van der Waals surface area contributed by atoms with Crippen molar-refractivity contribution in [2.45, 2.75) is 33.2 Å². The van der Waals surface area contributed by atoms with Gasteiger partial charge >= 0.3 is 6.03 Å². The molecule has 1 aliphatic heterocycles. The Morgan fingerprint density at radius 1 is 1.03 bits per heavy atom. The predicted octanol–water partition coefficient (Wildman–Crippen LogP) is 6.45. The summed E-state index contributed by atoms with van der Waals surface area (Å²) in [4.78, 5) is 19.4. The van der Waals surface area contributed by atoms with Crippen molar-refractivity contribution in [1.29, 1.82) is 0 Å². The number of carbonyl (C=O) groups is 1. The number of benzene rings is 3. The van der Waals surface area contributed by atoms with Crippen LogP contribution < -0.4 is 10.2 Å². The Morgan fingerprint density at radius 2 is 1.77 bits per heavy atom. The molecule has 1 aliphatic rings. The lowest BCUT2D eigenvalue weighted by Crippen LogP contribution is -2.46. The monoisotopic (exact) mass is 468 g/mol. The minimum atomic E-state index is -0.510. The van der Waals surface area contributed by atoms with E-state index in [1.54, 1.807) is 12.1 Å². The van der Waals surface area contributed by atoms with E-state index in [2.05, 4.69) is 22.4 Å². The molecule has 7 heteroatoms. The average Bonchev–Trinajstić information content (AvgIpc) is 3.34. The van der Waals surface area contributed by atoms with E-state index >= 15 is 0 Å². The number of urea groups is 1. The number of halogens is 1. The minimum Gasteiger partial charge on any atom is -0.334 e. The van der Waals surface area contributed by atoms with Crippen LogP contribution in [0.5, 0.6) is 0 Å². The van der Waals surface area contributed by atoms with Crippen molar-refractivity contribution >= 4 is 17.3 Å². The van der Waals surface area contributed by atoms with Gasteiger partial charge < -0.3 is 9.84 Å². The molecule has 0 saturated carbocycles. The zero-order chi connectivity index (χ0) is 24.5. The van der Waals surface area contributed by atoms with E-state index in [0.29, 0.717) is 28.7 Å². The summed E-state index contributed by atoms with van der Waals surface area (Å²) >= 11 is 0. The highest BCUT2D eigenvalue weighted by atomic mass is 19.1. The Bertz CT molecular complexity index is 1410. The minimum absolute atomic E-state index is 0.295. The van der Waals surface area contributed by atoms with Crippen LogP contribution in [0.4, 0.5) is 14.9 Å². The van der Waals surface area contributed by atoms with Gasteiger partial charge in [-0.25, -0.2) is 9.18 Å². The third-order valence-corrected chi connectivity index (χ3v) is 6.24. The fourth-order valence-corrected chi connectivity index (χ4v) is 4.29. The Hall–Kier alpha value is -4.26. The molecule has 2 amide bonds. The SMILES string of the molecule is CCc1ccc(C2NC(=O)N(c3cccc(F)c3)C(C)=C2c2nc(-c3ccc(C)cc3)no2)cc1. The third-order valence-electron chi connectivity index (χ3n) is 6.24. The van der Waals surface area contributed by atoms with Crippen molar-refractivity contribution in [3.8, 4) is 11.4 Å². The van der Waals surface area contributed by atoms with Crippen molar-refractivity contribution in [2.75, 3.05) is 4.90 Å². The maximum absolute atomic E-state index is 14.0. The van der Waals surface area contributed by atoms with Crippen molar-refractivity contribution in [2.24, 2.45) is 0 Å². The highest BCUT2D eigenvalue weighted by molar-refractivity contribution is 6.01. The van der Waals surface area contributed by atoms with Crippen LogP contribution in [0.25, 0.3) is 17.0 Å². The third kappa shape index (κ3) is 4.33. The average molecular weight is 469 g/mol. The summed E-state index contributed by atoms with van der Waals surface area (Å²) in [6, 6.07) is 21.0. The number of nitrogens with zero attached hydrogens (tertiary/aromatic N) is 3. The van der Waals surface area contributed by atoms with Crippen LogP contribution in [0.2, 0.25) is 0 Å². The standard InChI is InChI=1S/C28H25FN4O2/c1-4-19-10-14-20(15-11-19)25-24(27-31-26(32-35-27)21-12-8-17(2)9-13-21)18(3)33(28(34)30-25)23-7-5-6-22(29)16-23/h5-16,25H,4H2,1-3H3,(H,30,34). The molecule has 0 radical (unpaired) electrons. The number of hydrogen-bond acceptors (Lipinski definition) is 4. The summed E-state index contributed by atoms with van der Waals surface area (Å²) in [5, 5.41) is 7.25. The molecule has 1 unspecified atom stereocenters. The number of hydrogen-bond donors (Lipinski definition) is 1. The molecule has 3 aromatic carbocycles. The van der Waals surface area contributed by atoms with Crippen molar-refractivity contribution < 1.29 is 13.7 Å². The topological polar surface area (TPSA) is 71.3 Å². The zero-order valence-corrected chi connectivity index (χ0v) is 19.7. The van der Waals surface area contributed by atoms with E-state index in [4.69, 9.17) is 4.52 Å². The van der Waals surface area contributed by atoms with Gasteiger partial charge in [-0.1, -0.05) is 72.2 Å². The summed E-state index contributed by atoms with van der Waals surface area (Å²) in [5.74, 6) is 0.319. The summed E-state index contributed by atoms with van der Waals surface area (Å²) in [6.45, 7) is 5.91. The number of aryl methyl sites for hydroxylation is 2. The maximum atomic E-state index is 14.0. The Kier molecular flexibility index (Phi) is 5.91. The van der Waals surface area contributed by atoms with Crippen LogP contribution in [0.3, 0.4) is 0 Å². The van der Waals surface area contributed by atoms with Crippen LogP contribution >= 0.6 is 0 Å². The molecule has 35 heavy (non-hydrogen) atoms. The highest BCUT2D eigenvalue weighted by Crippen LogP contribution is 2.39. The Balaban J connectivity index is 1.64. The van der Waals surface area contributed by atoms with Crippen molar-refractivity contribution in [3.05, 3.63) is 107 Å². The number of amides is 2. The number of anilines is 1. The number of aromatic nitrogens is 2. The fourth-order valence-electron chi connectivity index (χ4n) is 4.29. The van der Waals surface area contributed by atoms with Crippen molar-refractivity contribution in [1.82, 2.24) is 15.5 Å². The van der Waals surface area contributed by atoms with Gasteiger partial charge in [-0.3, -0.25) is 4.90 Å². The summed E-state index contributed by atoms with van der Waals surface area (Å²) < 4.78 is 19.7. The van der Waals surface area contributed by atoms with Crippen LogP contribution in [0.15, 0.2) is 83.0 Å². The Morgan fingerprint density at radius 3 is 2.46 bits per heavy atom. The van der Waals surface area contributed by atoms with Gasteiger partial charge in [0.1, 0.15) is 5.82 Å². The van der Waals surface area contributed by atoms with Gasteiger partial charge in [0.05, 0.1) is 17.3 Å². The molecule has 0 bridgehead atoms. The molecule has 0 aliphatic carbocycles. The Labute approximate surface area is 203 Å². The lowest BCUT2D eigenvalue weighted by molar-refractivity contribution is 0.244. The molecule has 0 saturated heterocycles. The van der Waals surface area contributed by atoms with Crippen LogP contribution in [0.1, 0.15) is 42.5 Å². The van der Waals surface area contributed by atoms with Gasteiger partial charge in [-0.05, 0) is 49.6 Å². The van der Waals surface area contributed by atoms with E-state index in [-0.39, 0.29) is 6.03 Å². The molecule has 1 atom stereocenters. The molecular formula is C28H25FN4O2. The van der Waals surface area contributed by atoms with E-state index in [1.807, 2.05) is 62.4 Å². The summed E-state index contributed by atoms with van der Waals surface area (Å²) in [7, 11) is 0.